The zero-order chi connectivity index (χ0) is 11.4. The van der Waals surface area contributed by atoms with Crippen LogP contribution in [0.25, 0.3) is 0 Å². The predicted molar refractivity (Wildman–Crippen MR) is 58.0 cm³/mol. The molecule has 1 atom stereocenters. The molecule has 2 nitrogen and oxygen atoms in total. The van der Waals surface area contributed by atoms with Crippen LogP contribution >= 0.6 is 0 Å². The smallest absolute Gasteiger partial charge is 0.153 e. The van der Waals surface area contributed by atoms with Gasteiger partial charge in [0.2, 0.25) is 0 Å². The van der Waals surface area contributed by atoms with Gasteiger partial charge in [-0.15, -0.1) is 0 Å². The minimum absolute atomic E-state index is 0.0616. The molecule has 0 aliphatic heterocycles. The number of anilines is 1. The van der Waals surface area contributed by atoms with Gasteiger partial charge in [0.05, 0.1) is 5.69 Å². The predicted octanol–water partition coefficient (Wildman–Crippen LogP) is 2.76. The molecule has 1 aromatic rings. The molecule has 0 radical (unpaired) electrons. The number of benzene rings is 1. The van der Waals surface area contributed by atoms with Gasteiger partial charge >= 0.3 is 0 Å². The van der Waals surface area contributed by atoms with Gasteiger partial charge in [-0.25, -0.2) is 13.0 Å². The molecule has 0 bridgehead atoms. The fourth-order valence-electron chi connectivity index (χ4n) is 1.10. The van der Waals surface area contributed by atoms with E-state index < -0.39 is 22.6 Å². The first-order chi connectivity index (χ1) is 7.06. The Bertz CT molecular complexity index is 382. The summed E-state index contributed by atoms with van der Waals surface area (Å²) in [7, 11) is -1.31. The second-order valence-electron chi connectivity index (χ2n) is 3.19. The van der Waals surface area contributed by atoms with Gasteiger partial charge in [-0.1, -0.05) is 6.92 Å². The van der Waals surface area contributed by atoms with E-state index in [1.165, 1.54) is 13.0 Å². The van der Waals surface area contributed by atoms with Gasteiger partial charge in [-0.05, 0) is 25.5 Å². The van der Waals surface area contributed by atoms with Crippen molar-refractivity contribution in [2.45, 2.75) is 20.3 Å². The van der Waals surface area contributed by atoms with Crippen LogP contribution in [-0.2, 0) is 11.0 Å². The van der Waals surface area contributed by atoms with Crippen LogP contribution in [0.2, 0.25) is 0 Å². The van der Waals surface area contributed by atoms with E-state index >= 15 is 0 Å². The fraction of sp³-hybridized carbons (Fsp3) is 0.400. The van der Waals surface area contributed by atoms with Crippen molar-refractivity contribution >= 4 is 16.7 Å². The molecule has 0 saturated carbocycles. The molecule has 0 spiro atoms. The van der Waals surface area contributed by atoms with Gasteiger partial charge in [-0.2, -0.15) is 0 Å². The van der Waals surface area contributed by atoms with Crippen molar-refractivity contribution in [2.75, 3.05) is 10.5 Å². The molecule has 0 aliphatic rings. The van der Waals surface area contributed by atoms with E-state index in [0.29, 0.717) is 5.75 Å². The lowest BCUT2D eigenvalue weighted by Gasteiger charge is -2.08. The van der Waals surface area contributed by atoms with Crippen molar-refractivity contribution in [3.8, 4) is 0 Å². The van der Waals surface area contributed by atoms with Crippen LogP contribution in [0.15, 0.2) is 12.1 Å². The van der Waals surface area contributed by atoms with Crippen molar-refractivity contribution in [3.05, 3.63) is 29.3 Å². The van der Waals surface area contributed by atoms with E-state index in [4.69, 9.17) is 0 Å². The first-order valence-corrected chi connectivity index (χ1v) is 5.97. The molecule has 0 fully saturated rings. The Labute approximate surface area is 90.3 Å². The van der Waals surface area contributed by atoms with Crippen LogP contribution in [-0.4, -0.2) is 9.96 Å². The Morgan fingerprint density at radius 3 is 2.67 bits per heavy atom. The van der Waals surface area contributed by atoms with Crippen LogP contribution in [0.5, 0.6) is 0 Å². The fourth-order valence-corrected chi connectivity index (χ4v) is 1.98. The van der Waals surface area contributed by atoms with Crippen LogP contribution in [0.4, 0.5) is 14.5 Å². The van der Waals surface area contributed by atoms with Crippen LogP contribution in [0.3, 0.4) is 0 Å². The first-order valence-electron chi connectivity index (χ1n) is 4.66. The van der Waals surface area contributed by atoms with E-state index in [-0.39, 0.29) is 11.3 Å². The molecule has 5 heteroatoms. The largest absolute Gasteiger partial charge is 0.302 e. The first kappa shape index (κ1) is 12.1. The minimum atomic E-state index is -1.31. The van der Waals surface area contributed by atoms with Crippen LogP contribution < -0.4 is 4.72 Å². The summed E-state index contributed by atoms with van der Waals surface area (Å²) in [6, 6.07) is 2.41. The molecular formula is C10H13F2NOS. The Balaban J connectivity index is 2.87. The standard InChI is InChI=1S/C10H13F2NOS/c1-3-6-15(14)13-9-5-4-8(11)7(2)10(9)12/h4-5,13H,3,6H2,1-2H3. The Morgan fingerprint density at radius 2 is 2.07 bits per heavy atom. The van der Waals surface area contributed by atoms with Crippen molar-refractivity contribution in [3.63, 3.8) is 0 Å². The van der Waals surface area contributed by atoms with Crippen molar-refractivity contribution in [2.24, 2.45) is 0 Å². The minimum Gasteiger partial charge on any atom is -0.302 e. The van der Waals surface area contributed by atoms with Crippen molar-refractivity contribution in [1.82, 2.24) is 0 Å². The Morgan fingerprint density at radius 1 is 1.40 bits per heavy atom. The highest BCUT2D eigenvalue weighted by atomic mass is 32.2. The van der Waals surface area contributed by atoms with E-state index in [0.717, 1.165) is 12.5 Å². The molecule has 1 rings (SSSR count). The van der Waals surface area contributed by atoms with Crippen LogP contribution in [0, 0.1) is 18.6 Å². The van der Waals surface area contributed by atoms with Gasteiger partial charge in [0.25, 0.3) is 0 Å². The quantitative estimate of drug-likeness (QED) is 0.851. The highest BCUT2D eigenvalue weighted by Crippen LogP contribution is 2.20. The Hall–Kier alpha value is -0.970. The summed E-state index contributed by atoms with van der Waals surface area (Å²) in [6.07, 6.45) is 0.738. The molecule has 0 aliphatic carbocycles. The summed E-state index contributed by atoms with van der Waals surface area (Å²) in [6.45, 7) is 3.23. The second kappa shape index (κ2) is 5.21. The molecular weight excluding hydrogens is 220 g/mol. The van der Waals surface area contributed by atoms with Gasteiger partial charge < -0.3 is 4.72 Å². The zero-order valence-corrected chi connectivity index (χ0v) is 9.46. The summed E-state index contributed by atoms with van der Waals surface area (Å²) in [5.74, 6) is -0.839. The molecule has 0 amide bonds. The third-order valence-corrected chi connectivity index (χ3v) is 3.16. The number of nitrogens with one attached hydrogen (secondary N) is 1. The highest BCUT2D eigenvalue weighted by Gasteiger charge is 2.10. The normalized spacial score (nSPS) is 12.5. The molecule has 0 saturated heterocycles. The topological polar surface area (TPSA) is 29.1 Å². The summed E-state index contributed by atoms with van der Waals surface area (Å²) >= 11 is 0. The average Bonchev–Trinajstić information content (AvgIpc) is 2.20. The number of halogens is 2. The number of rotatable bonds is 4. The maximum atomic E-state index is 13.4. The van der Waals surface area contributed by atoms with E-state index in [9.17, 15) is 13.0 Å². The van der Waals surface area contributed by atoms with Gasteiger partial charge in [0, 0.05) is 11.3 Å². The molecule has 1 unspecified atom stereocenters. The number of hydrogen-bond acceptors (Lipinski definition) is 1. The lowest BCUT2D eigenvalue weighted by molar-refractivity contribution is 0.571. The summed E-state index contributed by atoms with van der Waals surface area (Å²) in [5, 5.41) is 0. The zero-order valence-electron chi connectivity index (χ0n) is 8.64. The lowest BCUT2D eigenvalue weighted by atomic mass is 10.2. The van der Waals surface area contributed by atoms with Gasteiger partial charge in [-0.3, -0.25) is 0 Å². The molecule has 15 heavy (non-hydrogen) atoms. The SMILES string of the molecule is CCCS(=O)Nc1ccc(F)c(C)c1F. The van der Waals surface area contributed by atoms with Gasteiger partial charge in [0.15, 0.2) is 5.82 Å². The van der Waals surface area contributed by atoms with E-state index in [2.05, 4.69) is 4.72 Å². The number of hydrogen-bond donors (Lipinski definition) is 1. The second-order valence-corrected chi connectivity index (χ2v) is 4.49. The summed E-state index contributed by atoms with van der Waals surface area (Å²) in [4.78, 5) is 0. The summed E-state index contributed by atoms with van der Waals surface area (Å²) < 4.78 is 40.1. The maximum Gasteiger partial charge on any atom is 0.153 e. The van der Waals surface area contributed by atoms with Crippen molar-refractivity contribution in [1.29, 1.82) is 0 Å². The third-order valence-electron chi connectivity index (χ3n) is 1.93. The Kier molecular flexibility index (Phi) is 4.20. The summed E-state index contributed by atoms with van der Waals surface area (Å²) in [5.41, 5.74) is 0.0224. The van der Waals surface area contributed by atoms with E-state index in [1.807, 2.05) is 6.92 Å². The molecule has 84 valence electrons. The molecule has 1 N–H and O–H groups in total. The maximum absolute atomic E-state index is 13.4. The molecule has 0 heterocycles. The van der Waals surface area contributed by atoms with E-state index in [1.54, 1.807) is 0 Å². The third kappa shape index (κ3) is 2.99. The van der Waals surface area contributed by atoms with Gasteiger partial charge in [0.1, 0.15) is 16.8 Å². The van der Waals surface area contributed by atoms with Crippen LogP contribution in [0.1, 0.15) is 18.9 Å². The monoisotopic (exact) mass is 233 g/mol. The van der Waals surface area contributed by atoms with Crippen molar-refractivity contribution < 1.29 is 13.0 Å². The highest BCUT2D eigenvalue weighted by molar-refractivity contribution is 7.86. The average molecular weight is 233 g/mol. The molecule has 0 aromatic heterocycles. The lowest BCUT2D eigenvalue weighted by Crippen LogP contribution is -2.10. The molecule has 1 aromatic carbocycles.